The van der Waals surface area contributed by atoms with Crippen LogP contribution in [0.1, 0.15) is 18.0 Å². The van der Waals surface area contributed by atoms with Crippen molar-refractivity contribution in [2.75, 3.05) is 12.9 Å². The quantitative estimate of drug-likeness (QED) is 0.853. The van der Waals surface area contributed by atoms with Crippen molar-refractivity contribution in [1.29, 1.82) is 0 Å². The molecule has 0 unspecified atom stereocenters. The molecular weight excluding hydrogens is 217 g/mol. The van der Waals surface area contributed by atoms with Crippen LogP contribution in [-0.4, -0.2) is 21.3 Å². The summed E-state index contributed by atoms with van der Waals surface area (Å²) >= 11 is 0. The first-order valence-electron chi connectivity index (χ1n) is 4.56. The molecule has 84 valence electrons. The molecule has 0 amide bonds. The minimum atomic E-state index is -3.17. The van der Waals surface area contributed by atoms with Gasteiger partial charge in [-0.2, -0.15) is 0 Å². The monoisotopic (exact) mass is 231 g/mol. The lowest BCUT2D eigenvalue weighted by molar-refractivity contribution is 0.442. The van der Waals surface area contributed by atoms with Crippen LogP contribution in [0.3, 0.4) is 0 Å². The van der Waals surface area contributed by atoms with Crippen LogP contribution in [0.15, 0.2) is 29.2 Å². The van der Waals surface area contributed by atoms with Crippen LogP contribution in [0.2, 0.25) is 0 Å². The first-order valence-corrected chi connectivity index (χ1v) is 6.46. The van der Waals surface area contributed by atoms with Gasteiger partial charge in [-0.1, -0.05) is 12.1 Å². The van der Waals surface area contributed by atoms with E-state index in [0.29, 0.717) is 0 Å². The van der Waals surface area contributed by atoms with Crippen molar-refractivity contribution in [3.63, 3.8) is 0 Å². The molecule has 2 N–H and O–H groups in total. The Kier molecular flexibility index (Phi) is 3.82. The highest BCUT2D eigenvalue weighted by atomic mass is 32.2. The Balaban J connectivity index is 2.90. The zero-order valence-electron chi connectivity index (χ0n) is 8.48. The number of benzene rings is 1. The Morgan fingerprint density at radius 3 is 2.27 bits per heavy atom. The van der Waals surface area contributed by atoms with Gasteiger partial charge in [0.2, 0.25) is 0 Å². The van der Waals surface area contributed by atoms with E-state index in [4.69, 9.17) is 5.73 Å². The number of halogens is 1. The third kappa shape index (κ3) is 3.28. The highest BCUT2D eigenvalue weighted by Gasteiger charge is 2.09. The van der Waals surface area contributed by atoms with Crippen LogP contribution in [0, 0.1) is 0 Å². The van der Waals surface area contributed by atoms with E-state index < -0.39 is 16.5 Å². The van der Waals surface area contributed by atoms with Crippen molar-refractivity contribution in [3.05, 3.63) is 29.8 Å². The zero-order chi connectivity index (χ0) is 11.5. The number of nitrogens with two attached hydrogens (primary N) is 1. The standard InChI is InChI=1S/C10H14FNO2S/c1-15(13,14)9-4-2-8(3-5-9)10(12)6-7-11/h2-5,10H,6-7,12H2,1H3/t10-/m0/s1. The Morgan fingerprint density at radius 1 is 1.33 bits per heavy atom. The first-order chi connectivity index (χ1) is 6.95. The van der Waals surface area contributed by atoms with E-state index in [2.05, 4.69) is 0 Å². The highest BCUT2D eigenvalue weighted by Crippen LogP contribution is 2.17. The van der Waals surface area contributed by atoms with E-state index in [1.54, 1.807) is 12.1 Å². The van der Waals surface area contributed by atoms with Gasteiger partial charge >= 0.3 is 0 Å². The molecule has 1 aromatic carbocycles. The molecule has 0 aliphatic rings. The lowest BCUT2D eigenvalue weighted by Gasteiger charge is -2.09. The molecule has 0 fully saturated rings. The summed E-state index contributed by atoms with van der Waals surface area (Å²) < 4.78 is 34.3. The highest BCUT2D eigenvalue weighted by molar-refractivity contribution is 7.90. The average Bonchev–Trinajstić information content (AvgIpc) is 2.17. The third-order valence-electron chi connectivity index (χ3n) is 2.16. The lowest BCUT2D eigenvalue weighted by Crippen LogP contribution is -2.11. The van der Waals surface area contributed by atoms with Crippen LogP contribution in [0.25, 0.3) is 0 Å². The minimum Gasteiger partial charge on any atom is -0.324 e. The molecule has 1 rings (SSSR count). The van der Waals surface area contributed by atoms with Gasteiger partial charge in [-0.3, -0.25) is 4.39 Å². The molecule has 1 aromatic rings. The number of rotatable bonds is 4. The normalized spacial score (nSPS) is 13.8. The summed E-state index contributed by atoms with van der Waals surface area (Å²) in [5.41, 5.74) is 6.43. The molecule has 0 spiro atoms. The second-order valence-corrected chi connectivity index (χ2v) is 5.44. The summed E-state index contributed by atoms with van der Waals surface area (Å²) in [7, 11) is -3.17. The van der Waals surface area contributed by atoms with Gasteiger partial charge in [0.15, 0.2) is 9.84 Å². The minimum absolute atomic E-state index is 0.248. The van der Waals surface area contributed by atoms with Gasteiger partial charge in [0.05, 0.1) is 11.6 Å². The van der Waals surface area contributed by atoms with Crippen molar-refractivity contribution in [2.45, 2.75) is 17.4 Å². The van der Waals surface area contributed by atoms with Crippen LogP contribution >= 0.6 is 0 Å². The van der Waals surface area contributed by atoms with Crippen LogP contribution < -0.4 is 5.73 Å². The predicted octanol–water partition coefficient (Wildman–Crippen LogP) is 1.45. The SMILES string of the molecule is CS(=O)(=O)c1ccc([C@@H](N)CCF)cc1. The summed E-state index contributed by atoms with van der Waals surface area (Å²) in [4.78, 5) is 0.249. The van der Waals surface area contributed by atoms with E-state index in [1.807, 2.05) is 0 Å². The van der Waals surface area contributed by atoms with Crippen LogP contribution in [0.5, 0.6) is 0 Å². The Morgan fingerprint density at radius 2 is 1.87 bits per heavy atom. The summed E-state index contributed by atoms with van der Waals surface area (Å²) in [5.74, 6) is 0. The average molecular weight is 231 g/mol. The first kappa shape index (κ1) is 12.1. The second kappa shape index (κ2) is 4.72. The van der Waals surface area contributed by atoms with Crippen molar-refractivity contribution in [1.82, 2.24) is 0 Å². The summed E-state index contributed by atoms with van der Waals surface area (Å²) in [5, 5.41) is 0. The largest absolute Gasteiger partial charge is 0.324 e. The van der Waals surface area contributed by atoms with Gasteiger partial charge in [0.1, 0.15) is 0 Å². The Hall–Kier alpha value is -0.940. The number of hydrogen-bond donors (Lipinski definition) is 1. The van der Waals surface area contributed by atoms with E-state index in [9.17, 15) is 12.8 Å². The van der Waals surface area contributed by atoms with Crippen molar-refractivity contribution in [3.8, 4) is 0 Å². The molecular formula is C10H14FNO2S. The summed E-state index contributed by atoms with van der Waals surface area (Å²) in [6.45, 7) is -0.477. The molecule has 0 aliphatic carbocycles. The maximum absolute atomic E-state index is 12.0. The van der Waals surface area contributed by atoms with E-state index >= 15 is 0 Å². The van der Waals surface area contributed by atoms with Gasteiger partial charge < -0.3 is 5.73 Å². The molecule has 0 radical (unpaired) electrons. The lowest BCUT2D eigenvalue weighted by atomic mass is 10.1. The predicted molar refractivity (Wildman–Crippen MR) is 57.1 cm³/mol. The van der Waals surface area contributed by atoms with Crippen molar-refractivity contribution < 1.29 is 12.8 Å². The number of hydrogen-bond acceptors (Lipinski definition) is 3. The second-order valence-electron chi connectivity index (χ2n) is 3.43. The van der Waals surface area contributed by atoms with Gasteiger partial charge in [0.25, 0.3) is 0 Å². The van der Waals surface area contributed by atoms with E-state index in [1.165, 1.54) is 12.1 Å². The zero-order valence-corrected chi connectivity index (χ0v) is 9.30. The smallest absolute Gasteiger partial charge is 0.175 e. The van der Waals surface area contributed by atoms with Gasteiger partial charge in [0, 0.05) is 12.3 Å². The van der Waals surface area contributed by atoms with Crippen LogP contribution in [0.4, 0.5) is 4.39 Å². The summed E-state index contributed by atoms with van der Waals surface area (Å²) in [6.07, 6.45) is 1.39. The topological polar surface area (TPSA) is 60.2 Å². The molecule has 0 heterocycles. The van der Waals surface area contributed by atoms with E-state index in [-0.39, 0.29) is 17.4 Å². The fourth-order valence-electron chi connectivity index (χ4n) is 1.25. The molecule has 5 heteroatoms. The molecule has 0 saturated carbocycles. The molecule has 0 aliphatic heterocycles. The molecule has 3 nitrogen and oxygen atoms in total. The molecule has 0 bridgehead atoms. The molecule has 15 heavy (non-hydrogen) atoms. The Bertz CT molecular complexity index is 414. The van der Waals surface area contributed by atoms with Crippen molar-refractivity contribution >= 4 is 9.84 Å². The number of alkyl halides is 1. The van der Waals surface area contributed by atoms with Crippen LogP contribution in [-0.2, 0) is 9.84 Å². The van der Waals surface area contributed by atoms with Gasteiger partial charge in [-0.15, -0.1) is 0 Å². The molecule has 1 atom stereocenters. The number of sulfone groups is 1. The molecule has 0 saturated heterocycles. The Labute approximate surface area is 89.0 Å². The van der Waals surface area contributed by atoms with Gasteiger partial charge in [-0.25, -0.2) is 8.42 Å². The molecule has 0 aromatic heterocycles. The third-order valence-corrected chi connectivity index (χ3v) is 3.28. The summed E-state index contributed by atoms with van der Waals surface area (Å²) in [6, 6.07) is 5.85. The van der Waals surface area contributed by atoms with Crippen molar-refractivity contribution in [2.24, 2.45) is 5.73 Å². The maximum Gasteiger partial charge on any atom is 0.175 e. The van der Waals surface area contributed by atoms with E-state index in [0.717, 1.165) is 11.8 Å². The fraction of sp³-hybridized carbons (Fsp3) is 0.400. The maximum atomic E-state index is 12.0. The fourth-order valence-corrected chi connectivity index (χ4v) is 1.88. The van der Waals surface area contributed by atoms with Gasteiger partial charge in [-0.05, 0) is 24.1 Å².